The molecule has 0 atom stereocenters. The van der Waals surface area contributed by atoms with Gasteiger partial charge in [0, 0.05) is 30.5 Å². The fourth-order valence-electron chi connectivity index (χ4n) is 2.57. The van der Waals surface area contributed by atoms with E-state index in [1.807, 2.05) is 47.6 Å². The van der Waals surface area contributed by atoms with Crippen molar-refractivity contribution in [2.75, 3.05) is 7.11 Å². The number of ether oxygens (including phenoxy) is 1. The minimum atomic E-state index is 0.170. The molecule has 1 fully saturated rings. The second-order valence-corrected chi connectivity index (χ2v) is 5.46. The number of carbonyl (C=O) groups is 1. The Hall–Kier alpha value is -2.23. The second-order valence-electron chi connectivity index (χ2n) is 5.46. The van der Waals surface area contributed by atoms with Gasteiger partial charge < -0.3 is 14.6 Å². The first-order valence-corrected chi connectivity index (χ1v) is 7.31. The zero-order valence-corrected chi connectivity index (χ0v) is 12.2. The van der Waals surface area contributed by atoms with E-state index in [4.69, 9.17) is 4.74 Å². The molecule has 1 aliphatic carbocycles. The summed E-state index contributed by atoms with van der Waals surface area (Å²) in [7, 11) is 1.64. The van der Waals surface area contributed by atoms with Gasteiger partial charge >= 0.3 is 0 Å². The number of H-pyrrole nitrogens is 1. The van der Waals surface area contributed by atoms with Gasteiger partial charge in [-0.05, 0) is 30.5 Å². The van der Waals surface area contributed by atoms with Crippen LogP contribution in [0.5, 0.6) is 5.75 Å². The highest BCUT2D eigenvalue weighted by atomic mass is 16.5. The number of benzene rings is 1. The molecular weight excluding hydrogens is 264 g/mol. The van der Waals surface area contributed by atoms with Crippen molar-refractivity contribution in [2.24, 2.45) is 0 Å². The van der Waals surface area contributed by atoms with Crippen LogP contribution >= 0.6 is 0 Å². The summed E-state index contributed by atoms with van der Waals surface area (Å²) >= 11 is 0. The molecule has 0 spiro atoms. The molecule has 0 bridgehead atoms. The van der Waals surface area contributed by atoms with Crippen LogP contribution in [0.1, 0.15) is 24.0 Å². The first-order chi connectivity index (χ1) is 10.3. The van der Waals surface area contributed by atoms with E-state index < -0.39 is 0 Å². The summed E-state index contributed by atoms with van der Waals surface area (Å²) < 4.78 is 5.33. The third kappa shape index (κ3) is 3.27. The number of nitrogens with zero attached hydrogens (tertiary/aromatic N) is 1. The van der Waals surface area contributed by atoms with Crippen molar-refractivity contribution in [1.29, 1.82) is 0 Å². The second kappa shape index (κ2) is 6.04. The van der Waals surface area contributed by atoms with Crippen LogP contribution in [0, 0.1) is 0 Å². The van der Waals surface area contributed by atoms with Gasteiger partial charge in [-0.15, -0.1) is 0 Å². The molecule has 1 saturated carbocycles. The van der Waals surface area contributed by atoms with Crippen LogP contribution in [0.2, 0.25) is 0 Å². The van der Waals surface area contributed by atoms with E-state index in [0.29, 0.717) is 19.0 Å². The Labute approximate surface area is 124 Å². The topological polar surface area (TPSA) is 45.3 Å². The number of hydrogen-bond acceptors (Lipinski definition) is 2. The van der Waals surface area contributed by atoms with E-state index in [0.717, 1.165) is 29.7 Å². The summed E-state index contributed by atoms with van der Waals surface area (Å²) in [6.45, 7) is 0.683. The predicted octanol–water partition coefficient (Wildman–Crippen LogP) is 2.76. The van der Waals surface area contributed by atoms with Gasteiger partial charge in [-0.2, -0.15) is 0 Å². The van der Waals surface area contributed by atoms with Gasteiger partial charge in [0.1, 0.15) is 5.75 Å². The van der Waals surface area contributed by atoms with Crippen molar-refractivity contribution in [3.8, 4) is 5.75 Å². The zero-order chi connectivity index (χ0) is 14.7. The molecule has 1 N–H and O–H groups in total. The van der Waals surface area contributed by atoms with Gasteiger partial charge in [-0.1, -0.05) is 18.2 Å². The van der Waals surface area contributed by atoms with Crippen molar-refractivity contribution < 1.29 is 9.53 Å². The number of hydrogen-bond donors (Lipinski definition) is 1. The average molecular weight is 284 g/mol. The SMILES string of the molecule is COc1ccccc1CC(=O)N(Cc1cc[nH]c1)C1CC1. The van der Waals surface area contributed by atoms with Crippen molar-refractivity contribution in [1.82, 2.24) is 9.88 Å². The molecule has 1 aliphatic rings. The van der Waals surface area contributed by atoms with Crippen LogP contribution in [0.25, 0.3) is 0 Å². The van der Waals surface area contributed by atoms with Gasteiger partial charge in [0.25, 0.3) is 0 Å². The van der Waals surface area contributed by atoms with Crippen LogP contribution in [0.4, 0.5) is 0 Å². The van der Waals surface area contributed by atoms with Crippen molar-refractivity contribution in [2.45, 2.75) is 31.8 Å². The number of nitrogens with one attached hydrogen (secondary N) is 1. The summed E-state index contributed by atoms with van der Waals surface area (Å²) in [5, 5.41) is 0. The molecule has 3 rings (SSSR count). The minimum absolute atomic E-state index is 0.170. The largest absolute Gasteiger partial charge is 0.496 e. The maximum absolute atomic E-state index is 12.6. The zero-order valence-electron chi connectivity index (χ0n) is 12.2. The van der Waals surface area contributed by atoms with Crippen LogP contribution < -0.4 is 4.74 Å². The number of aromatic nitrogens is 1. The fourth-order valence-corrected chi connectivity index (χ4v) is 2.57. The Bertz CT molecular complexity index is 603. The van der Waals surface area contributed by atoms with Gasteiger partial charge in [0.15, 0.2) is 0 Å². The first kappa shape index (κ1) is 13.7. The van der Waals surface area contributed by atoms with E-state index in [1.165, 1.54) is 0 Å². The number of rotatable bonds is 6. The van der Waals surface area contributed by atoms with Crippen LogP contribution in [0.15, 0.2) is 42.7 Å². The summed E-state index contributed by atoms with van der Waals surface area (Å²) in [5.74, 6) is 0.950. The van der Waals surface area contributed by atoms with E-state index >= 15 is 0 Å². The molecule has 4 nitrogen and oxygen atoms in total. The molecule has 110 valence electrons. The Morgan fingerprint density at radius 3 is 2.81 bits per heavy atom. The lowest BCUT2D eigenvalue weighted by Gasteiger charge is -2.22. The molecular formula is C17H20N2O2. The molecule has 0 aliphatic heterocycles. The third-order valence-electron chi connectivity index (χ3n) is 3.86. The fraction of sp³-hybridized carbons (Fsp3) is 0.353. The number of para-hydroxylation sites is 1. The highest BCUT2D eigenvalue weighted by Crippen LogP contribution is 2.29. The third-order valence-corrected chi connectivity index (χ3v) is 3.86. The van der Waals surface area contributed by atoms with Crippen molar-refractivity contribution in [3.05, 3.63) is 53.9 Å². The normalized spacial score (nSPS) is 14.0. The van der Waals surface area contributed by atoms with Crippen molar-refractivity contribution in [3.63, 3.8) is 0 Å². The van der Waals surface area contributed by atoms with E-state index in [-0.39, 0.29) is 5.91 Å². The van der Waals surface area contributed by atoms with Gasteiger partial charge in [-0.25, -0.2) is 0 Å². The maximum atomic E-state index is 12.6. The van der Waals surface area contributed by atoms with Gasteiger partial charge in [0.05, 0.1) is 13.5 Å². The van der Waals surface area contributed by atoms with E-state index in [9.17, 15) is 4.79 Å². The Morgan fingerprint density at radius 1 is 1.33 bits per heavy atom. The molecule has 1 aromatic carbocycles. The molecule has 0 unspecified atom stereocenters. The summed E-state index contributed by atoms with van der Waals surface area (Å²) in [6.07, 6.45) is 6.46. The Kier molecular flexibility index (Phi) is 3.95. The Morgan fingerprint density at radius 2 is 2.14 bits per heavy atom. The van der Waals surface area contributed by atoms with E-state index in [2.05, 4.69) is 4.98 Å². The Balaban J connectivity index is 1.72. The lowest BCUT2D eigenvalue weighted by atomic mass is 10.1. The maximum Gasteiger partial charge on any atom is 0.227 e. The smallest absolute Gasteiger partial charge is 0.227 e. The predicted molar refractivity (Wildman–Crippen MR) is 81.1 cm³/mol. The molecule has 2 aromatic rings. The average Bonchev–Trinajstić information content (AvgIpc) is 3.21. The summed E-state index contributed by atoms with van der Waals surface area (Å²) in [4.78, 5) is 17.7. The van der Waals surface area contributed by atoms with Gasteiger partial charge in [0.2, 0.25) is 5.91 Å². The van der Waals surface area contributed by atoms with Crippen LogP contribution in [0.3, 0.4) is 0 Å². The van der Waals surface area contributed by atoms with Gasteiger partial charge in [-0.3, -0.25) is 4.79 Å². The van der Waals surface area contributed by atoms with Crippen molar-refractivity contribution >= 4 is 5.91 Å². The summed E-state index contributed by atoms with van der Waals surface area (Å²) in [6, 6.07) is 10.1. The first-order valence-electron chi connectivity index (χ1n) is 7.31. The molecule has 0 radical (unpaired) electrons. The van der Waals surface area contributed by atoms with Crippen LogP contribution in [-0.4, -0.2) is 28.9 Å². The highest BCUT2D eigenvalue weighted by Gasteiger charge is 2.32. The number of methoxy groups -OCH3 is 1. The number of aromatic amines is 1. The molecule has 4 heteroatoms. The highest BCUT2D eigenvalue weighted by molar-refractivity contribution is 5.80. The minimum Gasteiger partial charge on any atom is -0.496 e. The monoisotopic (exact) mass is 284 g/mol. The quantitative estimate of drug-likeness (QED) is 0.886. The molecule has 1 amide bonds. The summed E-state index contributed by atoms with van der Waals surface area (Å²) in [5.41, 5.74) is 2.10. The standard InChI is InChI=1S/C17H20N2O2/c1-21-16-5-3-2-4-14(16)10-17(20)19(15-6-7-15)12-13-8-9-18-11-13/h2-5,8-9,11,15,18H,6-7,10,12H2,1H3. The molecule has 1 aromatic heterocycles. The molecule has 0 saturated heterocycles. The number of carbonyl (C=O) groups excluding carboxylic acids is 1. The number of amides is 1. The molecule has 1 heterocycles. The van der Waals surface area contributed by atoms with E-state index in [1.54, 1.807) is 7.11 Å². The van der Waals surface area contributed by atoms with Crippen LogP contribution in [-0.2, 0) is 17.8 Å². The lowest BCUT2D eigenvalue weighted by molar-refractivity contribution is -0.131. The lowest BCUT2D eigenvalue weighted by Crippen LogP contribution is -2.33. The molecule has 21 heavy (non-hydrogen) atoms.